The van der Waals surface area contributed by atoms with Crippen molar-refractivity contribution in [2.75, 3.05) is 6.61 Å². The second-order valence-electron chi connectivity index (χ2n) is 3.81. The minimum atomic E-state index is -4.26. The van der Waals surface area contributed by atoms with Gasteiger partial charge < -0.3 is 4.74 Å². The van der Waals surface area contributed by atoms with Crippen molar-refractivity contribution in [3.05, 3.63) is 34.9 Å². The molecule has 1 atom stereocenters. The maximum Gasteiger partial charge on any atom is 0.416 e. The molecule has 0 aliphatic carbocycles. The van der Waals surface area contributed by atoms with Crippen LogP contribution in [0.15, 0.2) is 18.2 Å². The van der Waals surface area contributed by atoms with Crippen LogP contribution in [0.5, 0.6) is 0 Å². The first kappa shape index (κ1) is 10.5. The highest BCUT2D eigenvalue weighted by atomic mass is 19.4. The van der Waals surface area contributed by atoms with Gasteiger partial charge in [-0.2, -0.15) is 13.2 Å². The number of alkyl halides is 3. The Bertz CT molecular complexity index is 367. The average molecular weight is 216 g/mol. The monoisotopic (exact) mass is 216 g/mol. The summed E-state index contributed by atoms with van der Waals surface area (Å²) in [5.41, 5.74) is 0.416. The van der Waals surface area contributed by atoms with Gasteiger partial charge in [-0.1, -0.05) is 12.1 Å². The topological polar surface area (TPSA) is 12.5 Å². The molecular weight excluding hydrogens is 205 g/mol. The second kappa shape index (κ2) is 3.52. The maximum absolute atomic E-state index is 12.6. The molecule has 1 nitrogen and oxygen atoms in total. The molecule has 0 aromatic heterocycles. The van der Waals surface area contributed by atoms with Gasteiger partial charge in [-0.25, -0.2) is 0 Å². The third kappa shape index (κ3) is 2.50. The lowest BCUT2D eigenvalue weighted by atomic mass is 10.0. The normalized spacial score (nSPS) is 20.4. The number of hydrogen-bond donors (Lipinski definition) is 0. The van der Waals surface area contributed by atoms with Crippen LogP contribution in [0.1, 0.15) is 16.7 Å². The lowest BCUT2D eigenvalue weighted by molar-refractivity contribution is -0.138. The predicted octanol–water partition coefficient (Wildman–Crippen LogP) is 2.96. The molecule has 1 fully saturated rings. The minimum absolute atomic E-state index is 0.119. The number of ether oxygens (including phenoxy) is 1. The molecule has 1 heterocycles. The van der Waals surface area contributed by atoms with Crippen LogP contribution in [0.25, 0.3) is 0 Å². The van der Waals surface area contributed by atoms with Crippen LogP contribution in [0.4, 0.5) is 13.2 Å². The van der Waals surface area contributed by atoms with Crippen LogP contribution in [0, 0.1) is 6.92 Å². The number of halogens is 3. The first-order chi connectivity index (χ1) is 6.97. The Morgan fingerprint density at radius 2 is 2.07 bits per heavy atom. The molecule has 0 radical (unpaired) electrons. The Morgan fingerprint density at radius 1 is 1.40 bits per heavy atom. The van der Waals surface area contributed by atoms with Crippen LogP contribution in [-0.4, -0.2) is 12.7 Å². The minimum Gasteiger partial charge on any atom is -0.373 e. The third-order valence-corrected chi connectivity index (χ3v) is 2.47. The molecule has 0 amide bonds. The zero-order valence-corrected chi connectivity index (χ0v) is 8.27. The highest BCUT2D eigenvalue weighted by Crippen LogP contribution is 2.33. The summed E-state index contributed by atoms with van der Waals surface area (Å²) < 4.78 is 42.6. The molecule has 0 bridgehead atoms. The van der Waals surface area contributed by atoms with Crippen LogP contribution in [0.2, 0.25) is 0 Å². The summed E-state index contributed by atoms with van der Waals surface area (Å²) in [4.78, 5) is 0. The first-order valence-corrected chi connectivity index (χ1v) is 4.75. The van der Waals surface area contributed by atoms with Crippen LogP contribution < -0.4 is 0 Å². The molecular formula is C11H11F3O. The quantitative estimate of drug-likeness (QED) is 0.692. The summed E-state index contributed by atoms with van der Waals surface area (Å²) >= 11 is 0. The fourth-order valence-electron chi connectivity index (χ4n) is 1.55. The molecule has 1 saturated heterocycles. The Hall–Kier alpha value is -1.03. The lowest BCUT2D eigenvalue weighted by Crippen LogP contribution is -2.08. The fourth-order valence-corrected chi connectivity index (χ4v) is 1.55. The smallest absolute Gasteiger partial charge is 0.373 e. The van der Waals surface area contributed by atoms with Crippen molar-refractivity contribution in [2.24, 2.45) is 0 Å². The largest absolute Gasteiger partial charge is 0.416 e. The van der Waals surface area contributed by atoms with Gasteiger partial charge in [0, 0.05) is 6.42 Å². The van der Waals surface area contributed by atoms with Crippen LogP contribution in [-0.2, 0) is 17.3 Å². The number of epoxide rings is 1. The SMILES string of the molecule is Cc1ccc(CC2CO2)cc1C(F)(F)F. The summed E-state index contributed by atoms with van der Waals surface area (Å²) in [5.74, 6) is 0. The van der Waals surface area contributed by atoms with E-state index in [4.69, 9.17) is 4.74 Å². The van der Waals surface area contributed by atoms with Gasteiger partial charge in [-0.15, -0.1) is 0 Å². The zero-order valence-electron chi connectivity index (χ0n) is 8.27. The van der Waals surface area contributed by atoms with Crippen molar-refractivity contribution in [3.63, 3.8) is 0 Å². The summed E-state index contributed by atoms with van der Waals surface area (Å²) in [6.45, 7) is 2.13. The van der Waals surface area contributed by atoms with Crippen LogP contribution in [0.3, 0.4) is 0 Å². The summed E-state index contributed by atoms with van der Waals surface area (Å²) in [6, 6.07) is 4.46. The zero-order chi connectivity index (χ0) is 11.1. The molecule has 1 unspecified atom stereocenters. The molecule has 0 saturated carbocycles. The van der Waals surface area contributed by atoms with Gasteiger partial charge in [-0.05, 0) is 24.1 Å². The maximum atomic E-state index is 12.6. The summed E-state index contributed by atoms with van der Waals surface area (Å²) in [5, 5.41) is 0. The van der Waals surface area contributed by atoms with Crippen molar-refractivity contribution in [1.29, 1.82) is 0 Å². The second-order valence-corrected chi connectivity index (χ2v) is 3.81. The molecule has 1 aromatic rings. The standard InChI is InChI=1S/C11H11F3O/c1-7-2-3-8(4-9-6-15-9)5-10(7)11(12,13)14/h2-3,5,9H,4,6H2,1H3. The van der Waals surface area contributed by atoms with Gasteiger partial charge in [0.25, 0.3) is 0 Å². The number of rotatable bonds is 2. The fraction of sp³-hybridized carbons (Fsp3) is 0.455. The van der Waals surface area contributed by atoms with Crippen molar-refractivity contribution >= 4 is 0 Å². The van der Waals surface area contributed by atoms with Gasteiger partial charge in [-0.3, -0.25) is 0 Å². The number of hydrogen-bond acceptors (Lipinski definition) is 1. The first-order valence-electron chi connectivity index (χ1n) is 4.75. The average Bonchev–Trinajstić information content (AvgIpc) is 2.90. The van der Waals surface area contributed by atoms with E-state index in [9.17, 15) is 13.2 Å². The molecule has 15 heavy (non-hydrogen) atoms. The molecule has 4 heteroatoms. The van der Waals surface area contributed by atoms with Gasteiger partial charge in [0.05, 0.1) is 18.3 Å². The van der Waals surface area contributed by atoms with E-state index >= 15 is 0 Å². The molecule has 0 N–H and O–H groups in total. The van der Waals surface area contributed by atoms with E-state index < -0.39 is 11.7 Å². The van der Waals surface area contributed by atoms with E-state index in [-0.39, 0.29) is 11.7 Å². The van der Waals surface area contributed by atoms with E-state index in [0.717, 1.165) is 0 Å². The van der Waals surface area contributed by atoms with Crippen molar-refractivity contribution in [3.8, 4) is 0 Å². The highest BCUT2D eigenvalue weighted by molar-refractivity contribution is 5.33. The van der Waals surface area contributed by atoms with Gasteiger partial charge in [0.2, 0.25) is 0 Å². The van der Waals surface area contributed by atoms with Crippen molar-refractivity contribution in [1.82, 2.24) is 0 Å². The summed E-state index contributed by atoms with van der Waals surface area (Å²) in [7, 11) is 0. The van der Waals surface area contributed by atoms with Crippen LogP contribution >= 0.6 is 0 Å². The van der Waals surface area contributed by atoms with Gasteiger partial charge in [0.15, 0.2) is 0 Å². The predicted molar refractivity (Wildman–Crippen MR) is 49.6 cm³/mol. The number of aryl methyl sites for hydroxylation is 1. The Morgan fingerprint density at radius 3 is 2.60 bits per heavy atom. The lowest BCUT2D eigenvalue weighted by Gasteiger charge is -2.11. The van der Waals surface area contributed by atoms with E-state index in [1.165, 1.54) is 19.1 Å². The van der Waals surface area contributed by atoms with Gasteiger partial charge >= 0.3 is 6.18 Å². The van der Waals surface area contributed by atoms with E-state index in [1.807, 2.05) is 0 Å². The summed E-state index contributed by atoms with van der Waals surface area (Å²) in [6.07, 6.45) is -3.57. The van der Waals surface area contributed by atoms with E-state index in [0.29, 0.717) is 18.6 Å². The highest BCUT2D eigenvalue weighted by Gasteiger charge is 2.33. The Labute approximate surface area is 85.9 Å². The van der Waals surface area contributed by atoms with E-state index in [2.05, 4.69) is 0 Å². The Balaban J connectivity index is 2.27. The molecule has 1 aromatic carbocycles. The molecule has 2 rings (SSSR count). The third-order valence-electron chi connectivity index (χ3n) is 2.47. The number of benzene rings is 1. The van der Waals surface area contributed by atoms with Crippen molar-refractivity contribution in [2.45, 2.75) is 25.6 Å². The van der Waals surface area contributed by atoms with E-state index in [1.54, 1.807) is 6.07 Å². The Kier molecular flexibility index (Phi) is 2.46. The van der Waals surface area contributed by atoms with Crippen molar-refractivity contribution < 1.29 is 17.9 Å². The molecule has 82 valence electrons. The molecule has 1 aliphatic rings. The molecule has 1 aliphatic heterocycles. The van der Waals surface area contributed by atoms with Gasteiger partial charge in [0.1, 0.15) is 0 Å². The molecule has 0 spiro atoms.